The average Bonchev–Trinajstić information content (AvgIpc) is 1.90. The van der Waals surface area contributed by atoms with Crippen LogP contribution in [0.1, 0.15) is 0 Å². The van der Waals surface area contributed by atoms with Crippen LogP contribution in [0.3, 0.4) is 0 Å². The molecule has 4 heteroatoms. The Labute approximate surface area is 56.1 Å². The van der Waals surface area contributed by atoms with Crippen LogP contribution in [-0.2, 0) is 0 Å². The molecule has 0 unspecified atom stereocenters. The smallest absolute Gasteiger partial charge is 0.262 e. The number of aromatic nitrogens is 1. The summed E-state index contributed by atoms with van der Waals surface area (Å²) in [6.45, 7) is 0. The lowest BCUT2D eigenvalue weighted by Gasteiger charge is -1.89. The minimum Gasteiger partial charge on any atom is -0.274 e. The second kappa shape index (κ2) is 2.64. The van der Waals surface area contributed by atoms with Crippen molar-refractivity contribution in [3.63, 3.8) is 0 Å². The molecular weight excluding hydrogens is 145 g/mol. The third-order valence-corrected chi connectivity index (χ3v) is 1.00. The molecule has 1 heterocycles. The molecule has 48 valence electrons. The van der Waals surface area contributed by atoms with Crippen molar-refractivity contribution in [3.05, 3.63) is 23.4 Å². The second-order valence-corrected chi connectivity index (χ2v) is 1.83. The minimum atomic E-state index is -0.0839. The maximum Gasteiger partial charge on any atom is 0.262 e. The SMILES string of the molecule is FOc1ccc(Cl)cn1. The van der Waals surface area contributed by atoms with Gasteiger partial charge in [-0.05, 0) is 6.07 Å². The Morgan fingerprint density at radius 1 is 1.56 bits per heavy atom. The molecule has 0 saturated carbocycles. The van der Waals surface area contributed by atoms with Gasteiger partial charge in [0.05, 0.1) is 5.02 Å². The van der Waals surface area contributed by atoms with Crippen molar-refractivity contribution in [2.45, 2.75) is 0 Å². The maximum atomic E-state index is 11.3. The fourth-order valence-corrected chi connectivity index (χ4v) is 0.520. The van der Waals surface area contributed by atoms with Crippen LogP contribution >= 0.6 is 11.6 Å². The molecule has 0 aliphatic heterocycles. The Kier molecular flexibility index (Phi) is 1.85. The zero-order valence-corrected chi connectivity index (χ0v) is 5.10. The van der Waals surface area contributed by atoms with Gasteiger partial charge in [-0.2, -0.15) is 0 Å². The van der Waals surface area contributed by atoms with E-state index < -0.39 is 0 Å². The molecule has 0 aromatic carbocycles. The van der Waals surface area contributed by atoms with Gasteiger partial charge in [0.2, 0.25) is 0 Å². The molecule has 0 N–H and O–H groups in total. The first-order valence-corrected chi connectivity index (χ1v) is 2.61. The molecule has 0 fully saturated rings. The fourth-order valence-electron chi connectivity index (χ4n) is 0.408. The van der Waals surface area contributed by atoms with E-state index in [4.69, 9.17) is 11.6 Å². The van der Waals surface area contributed by atoms with Crippen LogP contribution in [0.5, 0.6) is 5.88 Å². The van der Waals surface area contributed by atoms with E-state index in [2.05, 4.69) is 9.93 Å². The monoisotopic (exact) mass is 147 g/mol. The molecule has 9 heavy (non-hydrogen) atoms. The highest BCUT2D eigenvalue weighted by Gasteiger charge is 1.91. The van der Waals surface area contributed by atoms with Crippen molar-refractivity contribution >= 4 is 11.6 Å². The molecule has 0 aliphatic rings. The number of hydrogen-bond acceptors (Lipinski definition) is 2. The van der Waals surface area contributed by atoms with Crippen LogP contribution in [-0.4, -0.2) is 4.98 Å². The number of hydrogen-bond donors (Lipinski definition) is 0. The van der Waals surface area contributed by atoms with Gasteiger partial charge in [0.15, 0.2) is 0 Å². The molecule has 0 aliphatic carbocycles. The molecule has 0 amide bonds. The molecule has 0 atom stereocenters. The van der Waals surface area contributed by atoms with Crippen molar-refractivity contribution in [1.82, 2.24) is 4.98 Å². The first-order valence-electron chi connectivity index (χ1n) is 2.23. The molecule has 2 nitrogen and oxygen atoms in total. The lowest BCUT2D eigenvalue weighted by molar-refractivity contribution is -0.0118. The maximum absolute atomic E-state index is 11.3. The molecule has 0 bridgehead atoms. The van der Waals surface area contributed by atoms with E-state index in [1.165, 1.54) is 18.3 Å². The van der Waals surface area contributed by atoms with E-state index in [-0.39, 0.29) is 5.88 Å². The largest absolute Gasteiger partial charge is 0.274 e. The fraction of sp³-hybridized carbons (Fsp3) is 0. The summed E-state index contributed by atoms with van der Waals surface area (Å²) in [4.78, 5) is 6.77. The van der Waals surface area contributed by atoms with E-state index in [0.29, 0.717) is 5.02 Å². The normalized spacial score (nSPS) is 9.11. The summed E-state index contributed by atoms with van der Waals surface area (Å²) in [7, 11) is 0. The molecule has 0 radical (unpaired) electrons. The summed E-state index contributed by atoms with van der Waals surface area (Å²) >= 11 is 5.43. The summed E-state index contributed by atoms with van der Waals surface area (Å²) in [6, 6.07) is 2.83. The molecule has 1 rings (SSSR count). The van der Waals surface area contributed by atoms with Gasteiger partial charge in [-0.25, -0.2) is 4.98 Å². The summed E-state index contributed by atoms with van der Waals surface area (Å²) in [5.41, 5.74) is 0. The third-order valence-electron chi connectivity index (χ3n) is 0.779. The van der Waals surface area contributed by atoms with Crippen LogP contribution < -0.4 is 4.94 Å². The van der Waals surface area contributed by atoms with Crippen LogP contribution in [0.4, 0.5) is 4.53 Å². The number of nitrogens with zero attached hydrogens (tertiary/aromatic N) is 1. The summed E-state index contributed by atoms with van der Waals surface area (Å²) in [5.74, 6) is -0.0839. The van der Waals surface area contributed by atoms with Crippen LogP contribution in [0, 0.1) is 0 Å². The summed E-state index contributed by atoms with van der Waals surface area (Å²) < 4.78 is 11.3. The van der Waals surface area contributed by atoms with Crippen molar-refractivity contribution in [3.8, 4) is 5.88 Å². The minimum absolute atomic E-state index is 0.0839. The molecule has 1 aromatic heterocycles. The van der Waals surface area contributed by atoms with E-state index >= 15 is 0 Å². The zero-order valence-electron chi connectivity index (χ0n) is 4.34. The Bertz CT molecular complexity index is 189. The van der Waals surface area contributed by atoms with Crippen LogP contribution in [0.15, 0.2) is 18.3 Å². The summed E-state index contributed by atoms with van der Waals surface area (Å²) in [6.07, 6.45) is 1.30. The first kappa shape index (κ1) is 6.29. The second-order valence-electron chi connectivity index (χ2n) is 1.39. The van der Waals surface area contributed by atoms with Gasteiger partial charge in [-0.15, -0.1) is 0 Å². The topological polar surface area (TPSA) is 22.1 Å². The average molecular weight is 148 g/mol. The third kappa shape index (κ3) is 1.54. The van der Waals surface area contributed by atoms with Gasteiger partial charge in [0.25, 0.3) is 5.88 Å². The lowest BCUT2D eigenvalue weighted by atomic mass is 10.5. The van der Waals surface area contributed by atoms with E-state index in [1.807, 2.05) is 0 Å². The Hall–Kier alpha value is -0.830. The predicted octanol–water partition coefficient (Wildman–Crippen LogP) is 2.00. The van der Waals surface area contributed by atoms with Crippen molar-refractivity contribution in [2.24, 2.45) is 0 Å². The highest BCUT2D eigenvalue weighted by Crippen LogP contribution is 2.10. The van der Waals surface area contributed by atoms with E-state index in [0.717, 1.165) is 0 Å². The first-order chi connectivity index (χ1) is 4.33. The highest BCUT2D eigenvalue weighted by atomic mass is 35.5. The van der Waals surface area contributed by atoms with Crippen LogP contribution in [0.2, 0.25) is 5.02 Å². The quantitative estimate of drug-likeness (QED) is 0.606. The predicted molar refractivity (Wildman–Crippen MR) is 31.0 cm³/mol. The molecule has 1 aromatic rings. The Morgan fingerprint density at radius 2 is 2.33 bits per heavy atom. The van der Waals surface area contributed by atoms with E-state index in [9.17, 15) is 4.53 Å². The molecule has 0 saturated heterocycles. The van der Waals surface area contributed by atoms with Crippen molar-refractivity contribution in [1.29, 1.82) is 0 Å². The van der Waals surface area contributed by atoms with E-state index in [1.54, 1.807) is 0 Å². The number of pyridine rings is 1. The van der Waals surface area contributed by atoms with Crippen LogP contribution in [0.25, 0.3) is 0 Å². The van der Waals surface area contributed by atoms with Crippen molar-refractivity contribution in [2.75, 3.05) is 0 Å². The number of rotatable bonds is 1. The Morgan fingerprint density at radius 3 is 2.78 bits per heavy atom. The Balaban J connectivity index is 2.88. The number of halogens is 2. The zero-order chi connectivity index (χ0) is 6.69. The van der Waals surface area contributed by atoms with Crippen molar-refractivity contribution < 1.29 is 9.47 Å². The van der Waals surface area contributed by atoms with Gasteiger partial charge in [0, 0.05) is 16.8 Å². The van der Waals surface area contributed by atoms with Gasteiger partial charge < -0.3 is 0 Å². The summed E-state index contributed by atoms with van der Waals surface area (Å²) in [5, 5.41) is 0.454. The standard InChI is InChI=1S/C5H3ClFNO/c6-4-1-2-5(9-7)8-3-4/h1-3H. The van der Waals surface area contributed by atoms with Gasteiger partial charge in [-0.3, -0.25) is 4.94 Å². The highest BCUT2D eigenvalue weighted by molar-refractivity contribution is 6.30. The molecular formula is C5H3ClFNO. The lowest BCUT2D eigenvalue weighted by Crippen LogP contribution is -1.79. The molecule has 0 spiro atoms. The van der Waals surface area contributed by atoms with Gasteiger partial charge in [0.1, 0.15) is 0 Å². The van der Waals surface area contributed by atoms with Gasteiger partial charge >= 0.3 is 0 Å². The van der Waals surface area contributed by atoms with Gasteiger partial charge in [-0.1, -0.05) is 11.6 Å².